The van der Waals surface area contributed by atoms with Crippen LogP contribution in [0.4, 0.5) is 0 Å². The van der Waals surface area contributed by atoms with Crippen LogP contribution in [0.5, 0.6) is 0 Å². The largest absolute Gasteiger partial charge is 0.327 e. The predicted molar refractivity (Wildman–Crippen MR) is 70.8 cm³/mol. The van der Waals surface area contributed by atoms with Crippen molar-refractivity contribution in [3.8, 4) is 0 Å². The Morgan fingerprint density at radius 1 is 1.47 bits per heavy atom. The highest BCUT2D eigenvalue weighted by molar-refractivity contribution is 5.04. The maximum atomic E-state index is 6.07. The molecule has 2 N–H and O–H groups in total. The number of hydrogen-bond donors (Lipinski definition) is 1. The number of likely N-dealkylation sites (tertiary alicyclic amines) is 1. The molecule has 94 valence electrons. The third kappa shape index (κ3) is 3.51. The second-order valence-corrected chi connectivity index (χ2v) is 5.03. The molecule has 2 rings (SSSR count). The summed E-state index contributed by atoms with van der Waals surface area (Å²) < 4.78 is 0. The van der Waals surface area contributed by atoms with E-state index in [1.54, 1.807) is 0 Å². The molecule has 0 aliphatic carbocycles. The number of pyridine rings is 1. The van der Waals surface area contributed by atoms with Crippen LogP contribution in [-0.2, 0) is 6.42 Å². The van der Waals surface area contributed by atoms with Gasteiger partial charge in [-0.3, -0.25) is 9.88 Å². The van der Waals surface area contributed by atoms with Gasteiger partial charge < -0.3 is 5.73 Å². The van der Waals surface area contributed by atoms with E-state index in [0.29, 0.717) is 6.04 Å². The summed E-state index contributed by atoms with van der Waals surface area (Å²) in [4.78, 5) is 6.92. The van der Waals surface area contributed by atoms with Gasteiger partial charge in [-0.15, -0.1) is 0 Å². The molecular formula is C14H23N3. The summed E-state index contributed by atoms with van der Waals surface area (Å²) in [6.07, 6.45) is 6.79. The highest BCUT2D eigenvalue weighted by Gasteiger charge is 2.24. The fraction of sp³-hybridized carbons (Fsp3) is 0.643. The molecule has 2 unspecified atom stereocenters. The fourth-order valence-electron chi connectivity index (χ4n) is 2.69. The molecule has 0 saturated carbocycles. The van der Waals surface area contributed by atoms with E-state index in [4.69, 9.17) is 5.73 Å². The Labute approximate surface area is 104 Å². The van der Waals surface area contributed by atoms with Crippen LogP contribution in [0.25, 0.3) is 0 Å². The minimum atomic E-state index is 0.277. The molecule has 1 aromatic heterocycles. The molecule has 1 saturated heterocycles. The van der Waals surface area contributed by atoms with E-state index < -0.39 is 0 Å². The van der Waals surface area contributed by atoms with Gasteiger partial charge in [0.05, 0.1) is 0 Å². The lowest BCUT2D eigenvalue weighted by atomic mass is 9.96. The highest BCUT2D eigenvalue weighted by atomic mass is 15.2. The SMILES string of the molecule is CC(N)C1CCCCN1CCc1ccccn1. The minimum Gasteiger partial charge on any atom is -0.327 e. The summed E-state index contributed by atoms with van der Waals surface area (Å²) in [6, 6.07) is 6.97. The summed E-state index contributed by atoms with van der Waals surface area (Å²) in [7, 11) is 0. The van der Waals surface area contributed by atoms with Gasteiger partial charge in [-0.1, -0.05) is 12.5 Å². The highest BCUT2D eigenvalue weighted by Crippen LogP contribution is 2.19. The van der Waals surface area contributed by atoms with Crippen molar-refractivity contribution in [2.24, 2.45) is 5.73 Å². The van der Waals surface area contributed by atoms with E-state index in [0.717, 1.165) is 13.0 Å². The van der Waals surface area contributed by atoms with Crippen molar-refractivity contribution >= 4 is 0 Å². The van der Waals surface area contributed by atoms with Crippen LogP contribution in [0.15, 0.2) is 24.4 Å². The Balaban J connectivity index is 1.88. The maximum absolute atomic E-state index is 6.07. The molecule has 1 aromatic rings. The Hall–Kier alpha value is -0.930. The summed E-state index contributed by atoms with van der Waals surface area (Å²) in [6.45, 7) is 4.41. The molecule has 3 heteroatoms. The molecule has 1 fully saturated rings. The maximum Gasteiger partial charge on any atom is 0.0416 e. The van der Waals surface area contributed by atoms with Crippen molar-refractivity contribution in [1.29, 1.82) is 0 Å². The smallest absolute Gasteiger partial charge is 0.0416 e. The monoisotopic (exact) mass is 233 g/mol. The van der Waals surface area contributed by atoms with Crippen LogP contribution >= 0.6 is 0 Å². The second-order valence-electron chi connectivity index (χ2n) is 5.03. The van der Waals surface area contributed by atoms with Gasteiger partial charge in [0.2, 0.25) is 0 Å². The molecule has 0 bridgehead atoms. The molecule has 2 heterocycles. The van der Waals surface area contributed by atoms with E-state index >= 15 is 0 Å². The van der Waals surface area contributed by atoms with Crippen molar-refractivity contribution < 1.29 is 0 Å². The molecule has 0 amide bonds. The van der Waals surface area contributed by atoms with Gasteiger partial charge in [-0.05, 0) is 38.4 Å². The third-order valence-corrected chi connectivity index (χ3v) is 3.65. The zero-order valence-electron chi connectivity index (χ0n) is 10.7. The average molecular weight is 233 g/mol. The van der Waals surface area contributed by atoms with Gasteiger partial charge in [0.1, 0.15) is 0 Å². The topological polar surface area (TPSA) is 42.1 Å². The third-order valence-electron chi connectivity index (χ3n) is 3.65. The number of rotatable bonds is 4. The summed E-state index contributed by atoms with van der Waals surface area (Å²) in [5.41, 5.74) is 7.25. The summed E-state index contributed by atoms with van der Waals surface area (Å²) in [5, 5.41) is 0. The first-order valence-corrected chi connectivity index (χ1v) is 6.67. The van der Waals surface area contributed by atoms with Gasteiger partial charge in [0.25, 0.3) is 0 Å². The minimum absolute atomic E-state index is 0.277. The molecule has 0 spiro atoms. The number of hydrogen-bond acceptors (Lipinski definition) is 3. The van der Waals surface area contributed by atoms with Gasteiger partial charge >= 0.3 is 0 Å². The van der Waals surface area contributed by atoms with E-state index in [1.807, 2.05) is 12.3 Å². The Morgan fingerprint density at radius 2 is 2.35 bits per heavy atom. The van der Waals surface area contributed by atoms with Crippen molar-refractivity contribution in [2.75, 3.05) is 13.1 Å². The number of nitrogens with two attached hydrogens (primary N) is 1. The van der Waals surface area contributed by atoms with Crippen LogP contribution in [0, 0.1) is 0 Å². The first-order valence-electron chi connectivity index (χ1n) is 6.67. The first kappa shape index (κ1) is 12.5. The lowest BCUT2D eigenvalue weighted by Crippen LogP contribution is -2.49. The number of aromatic nitrogens is 1. The van der Waals surface area contributed by atoms with E-state index in [2.05, 4.69) is 28.9 Å². The van der Waals surface area contributed by atoms with E-state index in [-0.39, 0.29) is 6.04 Å². The molecular weight excluding hydrogens is 210 g/mol. The summed E-state index contributed by atoms with van der Waals surface area (Å²) >= 11 is 0. The first-order chi connectivity index (χ1) is 8.27. The quantitative estimate of drug-likeness (QED) is 0.862. The molecule has 1 aliphatic heterocycles. The fourth-order valence-corrected chi connectivity index (χ4v) is 2.69. The zero-order chi connectivity index (χ0) is 12.1. The van der Waals surface area contributed by atoms with Gasteiger partial charge in [-0.25, -0.2) is 0 Å². The lowest BCUT2D eigenvalue weighted by molar-refractivity contribution is 0.132. The van der Waals surface area contributed by atoms with Gasteiger partial charge in [-0.2, -0.15) is 0 Å². The van der Waals surface area contributed by atoms with Crippen LogP contribution in [0.1, 0.15) is 31.9 Å². The van der Waals surface area contributed by atoms with Gasteiger partial charge in [0, 0.05) is 36.9 Å². The number of nitrogens with zero attached hydrogens (tertiary/aromatic N) is 2. The molecule has 3 nitrogen and oxygen atoms in total. The van der Waals surface area contributed by atoms with Crippen molar-refractivity contribution in [2.45, 2.75) is 44.7 Å². The Morgan fingerprint density at radius 3 is 3.06 bits per heavy atom. The average Bonchev–Trinajstić information content (AvgIpc) is 2.38. The standard InChI is InChI=1S/C14H23N3/c1-12(15)14-7-3-5-10-17(14)11-8-13-6-2-4-9-16-13/h2,4,6,9,12,14H,3,5,7-8,10-11,15H2,1H3. The normalized spacial score (nSPS) is 23.5. The number of piperidine rings is 1. The molecule has 1 aliphatic rings. The lowest BCUT2D eigenvalue weighted by Gasteiger charge is -2.38. The molecule has 17 heavy (non-hydrogen) atoms. The van der Waals surface area contributed by atoms with Crippen molar-refractivity contribution in [1.82, 2.24) is 9.88 Å². The van der Waals surface area contributed by atoms with Gasteiger partial charge in [0.15, 0.2) is 0 Å². The van der Waals surface area contributed by atoms with E-state index in [1.165, 1.54) is 31.5 Å². The van der Waals surface area contributed by atoms with Crippen LogP contribution in [-0.4, -0.2) is 35.1 Å². The van der Waals surface area contributed by atoms with Crippen molar-refractivity contribution in [3.05, 3.63) is 30.1 Å². The van der Waals surface area contributed by atoms with Crippen LogP contribution in [0.3, 0.4) is 0 Å². The van der Waals surface area contributed by atoms with Crippen LogP contribution in [0.2, 0.25) is 0 Å². The second kappa shape index (κ2) is 6.12. The molecule has 0 aromatic carbocycles. The molecule has 2 atom stereocenters. The van der Waals surface area contributed by atoms with Crippen molar-refractivity contribution in [3.63, 3.8) is 0 Å². The molecule has 0 radical (unpaired) electrons. The van der Waals surface area contributed by atoms with Crippen LogP contribution < -0.4 is 5.73 Å². The Bertz CT molecular complexity index is 323. The summed E-state index contributed by atoms with van der Waals surface area (Å²) in [5.74, 6) is 0. The zero-order valence-corrected chi connectivity index (χ0v) is 10.7. The Kier molecular flexibility index (Phi) is 4.51. The predicted octanol–water partition coefficient (Wildman–Crippen LogP) is 1.83. The van der Waals surface area contributed by atoms with E-state index in [9.17, 15) is 0 Å².